The predicted octanol–water partition coefficient (Wildman–Crippen LogP) is 6.27. The maximum Gasteiger partial charge on any atom is 0.101 e. The lowest BCUT2D eigenvalue weighted by atomic mass is 9.87. The van der Waals surface area contributed by atoms with Gasteiger partial charge in [-0.15, -0.1) is 0 Å². The van der Waals surface area contributed by atoms with Gasteiger partial charge in [0.05, 0.1) is 22.5 Å². The molecule has 160 valence electrons. The number of rotatable bonds is 0. The first-order valence-corrected chi connectivity index (χ1v) is 11.0. The van der Waals surface area contributed by atoms with E-state index in [0.29, 0.717) is 5.56 Å². The van der Waals surface area contributed by atoms with Crippen LogP contribution in [0.5, 0.6) is 0 Å². The standard InChI is InChI=1S/C27H27N5/c1-14-16(3)23-10-24-17(4)15(2)22(32-24)9-20-12-27(5,6)26(30-20)11-25-18(13-28)7-19(29-25)8-21(14)31-23/h7-11,29,31H,12H2,1-6H3. The third-order valence-electron chi connectivity index (χ3n) is 6.95. The van der Waals surface area contributed by atoms with Crippen molar-refractivity contribution in [3.05, 3.63) is 69.8 Å². The van der Waals surface area contributed by atoms with Crippen molar-refractivity contribution < 1.29 is 0 Å². The third kappa shape index (κ3) is 3.15. The summed E-state index contributed by atoms with van der Waals surface area (Å²) in [5.41, 5.74) is 13.0. The summed E-state index contributed by atoms with van der Waals surface area (Å²) in [6, 6.07) is 12.6. The minimum Gasteiger partial charge on any atom is -0.355 e. The number of nitriles is 1. The fourth-order valence-corrected chi connectivity index (χ4v) is 4.55. The Morgan fingerprint density at radius 2 is 1.47 bits per heavy atom. The van der Waals surface area contributed by atoms with Crippen LogP contribution in [-0.2, 0) is 11.8 Å². The Labute approximate surface area is 187 Å². The average Bonchev–Trinajstić information content (AvgIpc) is 3.41. The van der Waals surface area contributed by atoms with Crippen LogP contribution in [-0.4, -0.2) is 19.9 Å². The van der Waals surface area contributed by atoms with Gasteiger partial charge < -0.3 is 9.97 Å². The molecule has 5 rings (SSSR count). The van der Waals surface area contributed by atoms with Crippen LogP contribution in [0.1, 0.15) is 67.2 Å². The van der Waals surface area contributed by atoms with Gasteiger partial charge in [-0.25, -0.2) is 4.98 Å². The normalized spacial score (nSPS) is 15.2. The number of hydrogen-bond donors (Lipinski definition) is 2. The van der Waals surface area contributed by atoms with Crippen molar-refractivity contribution in [3.8, 4) is 6.07 Å². The number of allylic oxidation sites excluding steroid dienone is 2. The smallest absolute Gasteiger partial charge is 0.101 e. The number of nitrogens with one attached hydrogen (secondary N) is 2. The van der Waals surface area contributed by atoms with Crippen LogP contribution in [0, 0.1) is 25.2 Å². The molecule has 3 aromatic rings. The van der Waals surface area contributed by atoms with Gasteiger partial charge >= 0.3 is 0 Å². The molecule has 8 bridgehead atoms. The lowest BCUT2D eigenvalue weighted by Gasteiger charge is -2.15. The molecule has 0 aromatic carbocycles. The molecule has 5 heteroatoms. The highest BCUT2D eigenvalue weighted by molar-refractivity contribution is 5.91. The summed E-state index contributed by atoms with van der Waals surface area (Å²) in [5, 5.41) is 9.72. The number of aromatic amines is 2. The number of nitrogens with zero attached hydrogens (tertiary/aromatic N) is 3. The molecule has 0 aliphatic carbocycles. The van der Waals surface area contributed by atoms with Gasteiger partial charge in [-0.3, -0.25) is 4.98 Å². The topological polar surface area (TPSA) is 81.2 Å². The van der Waals surface area contributed by atoms with E-state index < -0.39 is 0 Å². The molecule has 0 saturated carbocycles. The van der Waals surface area contributed by atoms with Crippen LogP contribution in [0.2, 0.25) is 0 Å². The van der Waals surface area contributed by atoms with E-state index in [9.17, 15) is 5.26 Å². The van der Waals surface area contributed by atoms with Gasteiger partial charge in [0.25, 0.3) is 0 Å². The van der Waals surface area contributed by atoms with Gasteiger partial charge in [0.1, 0.15) is 6.07 Å². The zero-order valence-electron chi connectivity index (χ0n) is 19.4. The number of aromatic nitrogens is 4. The summed E-state index contributed by atoms with van der Waals surface area (Å²) in [5.74, 6) is 0. The number of hydrogen-bond acceptors (Lipinski definition) is 3. The maximum atomic E-state index is 9.72. The van der Waals surface area contributed by atoms with Crippen LogP contribution in [0.3, 0.4) is 0 Å². The lowest BCUT2D eigenvalue weighted by molar-refractivity contribution is 0.543. The van der Waals surface area contributed by atoms with E-state index in [1.165, 1.54) is 22.3 Å². The fourth-order valence-electron chi connectivity index (χ4n) is 4.55. The number of fused-ring (bicyclic) bond motifs is 8. The Balaban J connectivity index is 1.96. The molecular weight excluding hydrogens is 394 g/mol. The second-order valence-electron chi connectivity index (χ2n) is 9.62. The zero-order valence-corrected chi connectivity index (χ0v) is 19.4. The molecule has 2 aliphatic rings. The van der Waals surface area contributed by atoms with E-state index >= 15 is 0 Å². The molecule has 0 amide bonds. The second kappa shape index (κ2) is 6.93. The first-order chi connectivity index (χ1) is 15.2. The molecule has 2 N–H and O–H groups in total. The van der Waals surface area contributed by atoms with Crippen LogP contribution < -0.4 is 0 Å². The summed E-state index contributed by atoms with van der Waals surface area (Å²) in [6.07, 6.45) is 0.836. The minimum absolute atomic E-state index is 0.117. The molecule has 2 aliphatic heterocycles. The predicted molar refractivity (Wildman–Crippen MR) is 130 cm³/mol. The largest absolute Gasteiger partial charge is 0.355 e. The number of aryl methyl sites for hydroxylation is 2. The van der Waals surface area contributed by atoms with Gasteiger partial charge in [0, 0.05) is 39.8 Å². The molecule has 0 radical (unpaired) electrons. The Morgan fingerprint density at radius 3 is 2.16 bits per heavy atom. The van der Waals surface area contributed by atoms with Crippen molar-refractivity contribution in [1.29, 1.82) is 5.26 Å². The third-order valence-corrected chi connectivity index (χ3v) is 6.95. The summed E-state index contributed by atoms with van der Waals surface area (Å²) in [4.78, 5) is 16.9. The highest BCUT2D eigenvalue weighted by Gasteiger charge is 2.29. The molecule has 3 aromatic heterocycles. The monoisotopic (exact) mass is 421 g/mol. The van der Waals surface area contributed by atoms with Crippen molar-refractivity contribution >= 4 is 33.2 Å². The van der Waals surface area contributed by atoms with Gasteiger partial charge in [-0.1, -0.05) is 13.8 Å². The molecule has 0 spiro atoms. The van der Waals surface area contributed by atoms with Gasteiger partial charge in [0.15, 0.2) is 0 Å². The Hall–Kier alpha value is -3.65. The van der Waals surface area contributed by atoms with Gasteiger partial charge in [-0.05, 0) is 80.3 Å². The van der Waals surface area contributed by atoms with Gasteiger partial charge in [-0.2, -0.15) is 5.26 Å². The fraction of sp³-hybridized carbons (Fsp3) is 0.296. The number of H-pyrrole nitrogens is 2. The molecular formula is C27H27N5. The van der Waals surface area contributed by atoms with Crippen molar-refractivity contribution in [2.75, 3.05) is 0 Å². The molecule has 0 atom stereocenters. The average molecular weight is 422 g/mol. The first kappa shape index (κ1) is 20.3. The Bertz CT molecular complexity index is 1520. The first-order valence-electron chi connectivity index (χ1n) is 11.0. The molecule has 0 saturated heterocycles. The van der Waals surface area contributed by atoms with E-state index in [2.05, 4.69) is 75.8 Å². The van der Waals surface area contributed by atoms with Crippen molar-refractivity contribution in [1.82, 2.24) is 19.9 Å². The zero-order chi connectivity index (χ0) is 22.8. The van der Waals surface area contributed by atoms with Crippen molar-refractivity contribution in [2.24, 2.45) is 0 Å². The van der Waals surface area contributed by atoms with E-state index in [-0.39, 0.29) is 5.41 Å². The highest BCUT2D eigenvalue weighted by Crippen LogP contribution is 2.34. The molecule has 5 nitrogen and oxygen atoms in total. The van der Waals surface area contributed by atoms with Gasteiger partial charge in [0.2, 0.25) is 0 Å². The van der Waals surface area contributed by atoms with Crippen molar-refractivity contribution in [2.45, 2.75) is 53.4 Å². The van der Waals surface area contributed by atoms with E-state index in [1.54, 1.807) is 0 Å². The molecule has 0 fully saturated rings. The van der Waals surface area contributed by atoms with E-state index in [4.69, 9.17) is 9.97 Å². The summed E-state index contributed by atoms with van der Waals surface area (Å²) in [7, 11) is 0. The molecule has 32 heavy (non-hydrogen) atoms. The molecule has 5 heterocycles. The van der Waals surface area contributed by atoms with Crippen LogP contribution in [0.4, 0.5) is 0 Å². The summed E-state index contributed by atoms with van der Waals surface area (Å²) < 4.78 is 0. The molecule has 0 unspecified atom stereocenters. The minimum atomic E-state index is -0.117. The van der Waals surface area contributed by atoms with Crippen LogP contribution in [0.25, 0.3) is 33.2 Å². The second-order valence-corrected chi connectivity index (χ2v) is 9.62. The van der Waals surface area contributed by atoms with E-state index in [1.807, 2.05) is 12.1 Å². The Kier molecular flexibility index (Phi) is 4.39. The summed E-state index contributed by atoms with van der Waals surface area (Å²) >= 11 is 0. The Morgan fingerprint density at radius 1 is 0.812 bits per heavy atom. The SMILES string of the molecule is CC1=C(C)c2cc3[nH]c(cc4cc(C#N)c(cc5nc(cc1n2)CC5(C)C)[nH]4)c(C)c3C. The summed E-state index contributed by atoms with van der Waals surface area (Å²) in [6.45, 7) is 12.9. The quantitative estimate of drug-likeness (QED) is 0.448. The van der Waals surface area contributed by atoms with E-state index in [0.717, 1.165) is 51.3 Å². The van der Waals surface area contributed by atoms with Crippen LogP contribution >= 0.6 is 0 Å². The maximum absolute atomic E-state index is 9.72. The lowest BCUT2D eigenvalue weighted by Crippen LogP contribution is -2.15. The highest BCUT2D eigenvalue weighted by atomic mass is 14.8. The van der Waals surface area contributed by atoms with Crippen LogP contribution in [0.15, 0.2) is 30.3 Å². The van der Waals surface area contributed by atoms with Crippen molar-refractivity contribution in [3.63, 3.8) is 0 Å².